The molecule has 2 N–H and O–H groups in total. The fraction of sp³-hybridized carbons (Fsp3) is 0.235. The van der Waals surface area contributed by atoms with Gasteiger partial charge in [0.15, 0.2) is 5.65 Å². The summed E-state index contributed by atoms with van der Waals surface area (Å²) in [5.74, 6) is -0.230. The summed E-state index contributed by atoms with van der Waals surface area (Å²) < 4.78 is 1.32. The Kier molecular flexibility index (Phi) is 3.97. The van der Waals surface area contributed by atoms with Crippen molar-refractivity contribution < 1.29 is 4.79 Å². The molecule has 3 rings (SSSR count). The predicted molar refractivity (Wildman–Crippen MR) is 87.5 cm³/mol. The van der Waals surface area contributed by atoms with Gasteiger partial charge in [-0.05, 0) is 36.6 Å². The SMILES string of the molecule is CCc1ccc([C@H](C)NC(=O)c2ccc3n[nH]c(=O)n3c2)cc1. The van der Waals surface area contributed by atoms with Crippen LogP contribution in [-0.2, 0) is 6.42 Å². The molecule has 0 fully saturated rings. The van der Waals surface area contributed by atoms with Crippen LogP contribution in [0.3, 0.4) is 0 Å². The smallest absolute Gasteiger partial charge is 0.345 e. The van der Waals surface area contributed by atoms with Crippen molar-refractivity contribution in [3.05, 3.63) is 69.8 Å². The van der Waals surface area contributed by atoms with Crippen molar-refractivity contribution in [1.82, 2.24) is 19.9 Å². The van der Waals surface area contributed by atoms with Crippen molar-refractivity contribution in [2.75, 3.05) is 0 Å². The highest BCUT2D eigenvalue weighted by atomic mass is 16.2. The first kappa shape index (κ1) is 15.0. The van der Waals surface area contributed by atoms with Crippen molar-refractivity contribution in [2.24, 2.45) is 0 Å². The van der Waals surface area contributed by atoms with E-state index in [-0.39, 0.29) is 17.6 Å². The molecule has 0 aliphatic heterocycles. The molecule has 3 aromatic rings. The van der Waals surface area contributed by atoms with Crippen LogP contribution < -0.4 is 11.0 Å². The van der Waals surface area contributed by atoms with Gasteiger partial charge in [0, 0.05) is 6.20 Å². The summed E-state index contributed by atoms with van der Waals surface area (Å²) in [6, 6.07) is 11.3. The van der Waals surface area contributed by atoms with E-state index in [1.54, 1.807) is 12.1 Å². The van der Waals surface area contributed by atoms with E-state index in [2.05, 4.69) is 34.6 Å². The molecule has 6 nitrogen and oxygen atoms in total. The number of amides is 1. The molecule has 2 aromatic heterocycles. The molecular weight excluding hydrogens is 292 g/mol. The largest absolute Gasteiger partial charge is 0.347 e. The molecule has 0 bridgehead atoms. The van der Waals surface area contributed by atoms with Crippen LogP contribution >= 0.6 is 0 Å². The van der Waals surface area contributed by atoms with Crippen LogP contribution in [0.25, 0.3) is 5.65 Å². The lowest BCUT2D eigenvalue weighted by Crippen LogP contribution is -2.27. The molecule has 23 heavy (non-hydrogen) atoms. The minimum absolute atomic E-state index is 0.120. The number of nitrogens with one attached hydrogen (secondary N) is 2. The maximum atomic E-state index is 12.4. The maximum absolute atomic E-state index is 12.4. The molecule has 1 aromatic carbocycles. The van der Waals surface area contributed by atoms with Crippen molar-refractivity contribution in [3.8, 4) is 0 Å². The number of aryl methyl sites for hydroxylation is 1. The van der Waals surface area contributed by atoms with Crippen LogP contribution in [0.5, 0.6) is 0 Å². The summed E-state index contributed by atoms with van der Waals surface area (Å²) in [5.41, 5.74) is 2.83. The van der Waals surface area contributed by atoms with Crippen molar-refractivity contribution in [2.45, 2.75) is 26.3 Å². The van der Waals surface area contributed by atoms with Gasteiger partial charge in [-0.15, -0.1) is 0 Å². The Morgan fingerprint density at radius 1 is 1.26 bits per heavy atom. The van der Waals surface area contributed by atoms with Gasteiger partial charge < -0.3 is 5.32 Å². The van der Waals surface area contributed by atoms with E-state index in [0.29, 0.717) is 11.2 Å². The lowest BCUT2D eigenvalue weighted by molar-refractivity contribution is 0.0939. The molecule has 0 saturated carbocycles. The van der Waals surface area contributed by atoms with Crippen LogP contribution in [0.15, 0.2) is 47.4 Å². The molecule has 0 unspecified atom stereocenters. The highest BCUT2D eigenvalue weighted by Crippen LogP contribution is 2.14. The number of aromatic nitrogens is 3. The first-order chi connectivity index (χ1) is 11.1. The number of pyridine rings is 1. The summed E-state index contributed by atoms with van der Waals surface area (Å²) in [7, 11) is 0. The third-order valence-electron chi connectivity index (χ3n) is 3.91. The molecule has 0 radical (unpaired) electrons. The predicted octanol–water partition coefficient (Wildman–Crippen LogP) is 2.08. The fourth-order valence-corrected chi connectivity index (χ4v) is 2.45. The van der Waals surface area contributed by atoms with E-state index >= 15 is 0 Å². The Bertz CT molecular complexity index is 893. The number of aromatic amines is 1. The molecule has 0 saturated heterocycles. The highest BCUT2D eigenvalue weighted by molar-refractivity contribution is 5.94. The topological polar surface area (TPSA) is 79.3 Å². The standard InChI is InChI=1S/C17H18N4O2/c1-3-12-4-6-13(7-5-12)11(2)18-16(22)14-8-9-15-19-20-17(23)21(15)10-14/h4-11H,3H2,1-2H3,(H,18,22)(H,20,23)/t11-/m0/s1. The van der Waals surface area contributed by atoms with Gasteiger partial charge in [-0.3, -0.25) is 4.79 Å². The normalized spacial score (nSPS) is 12.3. The lowest BCUT2D eigenvalue weighted by Gasteiger charge is -2.15. The van der Waals surface area contributed by atoms with E-state index < -0.39 is 0 Å². The minimum Gasteiger partial charge on any atom is -0.345 e. The summed E-state index contributed by atoms with van der Waals surface area (Å²) in [4.78, 5) is 23.9. The van der Waals surface area contributed by atoms with Crippen LogP contribution in [-0.4, -0.2) is 20.5 Å². The van der Waals surface area contributed by atoms with E-state index in [1.165, 1.54) is 16.2 Å². The van der Waals surface area contributed by atoms with Crippen LogP contribution in [0, 0.1) is 0 Å². The Labute approximate surface area is 133 Å². The Morgan fingerprint density at radius 3 is 2.70 bits per heavy atom. The second-order valence-electron chi connectivity index (χ2n) is 5.47. The summed E-state index contributed by atoms with van der Waals surface area (Å²) in [6.45, 7) is 4.04. The second-order valence-corrected chi connectivity index (χ2v) is 5.47. The van der Waals surface area contributed by atoms with Gasteiger partial charge >= 0.3 is 5.69 Å². The fourth-order valence-electron chi connectivity index (χ4n) is 2.45. The molecular formula is C17H18N4O2. The zero-order valence-electron chi connectivity index (χ0n) is 13.0. The number of fused-ring (bicyclic) bond motifs is 1. The monoisotopic (exact) mass is 310 g/mol. The average molecular weight is 310 g/mol. The molecule has 0 aliphatic rings. The average Bonchev–Trinajstić information content (AvgIpc) is 2.95. The second kappa shape index (κ2) is 6.08. The van der Waals surface area contributed by atoms with Gasteiger partial charge in [0.1, 0.15) is 0 Å². The Morgan fingerprint density at radius 2 is 2.00 bits per heavy atom. The third kappa shape index (κ3) is 3.01. The van der Waals surface area contributed by atoms with Gasteiger partial charge in [-0.25, -0.2) is 14.3 Å². The van der Waals surface area contributed by atoms with Crippen LogP contribution in [0.1, 0.15) is 41.4 Å². The molecule has 1 amide bonds. The maximum Gasteiger partial charge on any atom is 0.347 e. The first-order valence-corrected chi connectivity index (χ1v) is 7.55. The van der Waals surface area contributed by atoms with E-state index in [4.69, 9.17) is 0 Å². The van der Waals surface area contributed by atoms with Gasteiger partial charge in [0.05, 0.1) is 11.6 Å². The number of hydrogen-bond acceptors (Lipinski definition) is 3. The number of carbonyl (C=O) groups excluding carboxylic acids is 1. The van der Waals surface area contributed by atoms with Crippen LogP contribution in [0.4, 0.5) is 0 Å². The van der Waals surface area contributed by atoms with Gasteiger partial charge in [0.2, 0.25) is 0 Å². The van der Waals surface area contributed by atoms with Gasteiger partial charge in [-0.2, -0.15) is 5.10 Å². The number of rotatable bonds is 4. The highest BCUT2D eigenvalue weighted by Gasteiger charge is 2.13. The van der Waals surface area contributed by atoms with E-state index in [9.17, 15) is 9.59 Å². The van der Waals surface area contributed by atoms with E-state index in [0.717, 1.165) is 12.0 Å². The van der Waals surface area contributed by atoms with Crippen molar-refractivity contribution >= 4 is 11.6 Å². The molecule has 0 spiro atoms. The van der Waals surface area contributed by atoms with E-state index in [1.807, 2.05) is 19.1 Å². The third-order valence-corrected chi connectivity index (χ3v) is 3.91. The van der Waals surface area contributed by atoms with Gasteiger partial charge in [0.25, 0.3) is 5.91 Å². The number of benzene rings is 1. The van der Waals surface area contributed by atoms with Crippen molar-refractivity contribution in [1.29, 1.82) is 0 Å². The molecule has 118 valence electrons. The van der Waals surface area contributed by atoms with Gasteiger partial charge in [-0.1, -0.05) is 31.2 Å². The number of carbonyl (C=O) groups is 1. The summed E-state index contributed by atoms with van der Waals surface area (Å²) in [6.07, 6.45) is 2.48. The number of hydrogen-bond donors (Lipinski definition) is 2. The van der Waals surface area contributed by atoms with Crippen LogP contribution in [0.2, 0.25) is 0 Å². The minimum atomic E-state index is -0.363. The molecule has 6 heteroatoms. The molecule has 2 heterocycles. The first-order valence-electron chi connectivity index (χ1n) is 7.55. The molecule has 0 aliphatic carbocycles. The zero-order chi connectivity index (χ0) is 16.4. The Hall–Kier alpha value is -2.89. The summed E-state index contributed by atoms with van der Waals surface area (Å²) >= 11 is 0. The molecule has 1 atom stereocenters. The Balaban J connectivity index is 1.78. The zero-order valence-corrected chi connectivity index (χ0v) is 13.0. The lowest BCUT2D eigenvalue weighted by atomic mass is 10.0. The number of H-pyrrole nitrogens is 1. The number of nitrogens with zero attached hydrogens (tertiary/aromatic N) is 2. The van der Waals surface area contributed by atoms with Crippen molar-refractivity contribution in [3.63, 3.8) is 0 Å². The summed E-state index contributed by atoms with van der Waals surface area (Å²) in [5, 5.41) is 9.12. The quantitative estimate of drug-likeness (QED) is 0.774.